The number of hydrogen-bond donors (Lipinski definition) is 18. The van der Waals surface area contributed by atoms with Crippen molar-refractivity contribution in [3.05, 3.63) is 125 Å². The van der Waals surface area contributed by atoms with Crippen LogP contribution in [0.15, 0.2) is 97.3 Å². The quantitative estimate of drug-likeness (QED) is 0.0267. The SMILES string of the molecule is CCC[C@@H]1NC(=O)[C@H](Cc2c[nH]c3ncccc23)NC(=O)[C@@H]([C@@H](C)O)NC(=O)[C@@H](NC(=O)[C@H](Cc2ccc(O)cc2)NC(=O)C(NC(=O)CCSCc2cccc(CSC[C@H](NC(=O)C[C@@H](C)O)C(N)=O)c2)C(C)(C)C)CCNC(=O)CCCC[C@@H](C(=O)N[C@@H](Cc2ccc(O)cc2)C(=O)N[C@H](C(N)=O)C2CCCCC2)NC1=O. The van der Waals surface area contributed by atoms with Crippen molar-refractivity contribution in [2.24, 2.45) is 22.8 Å². The van der Waals surface area contributed by atoms with Crippen molar-refractivity contribution in [3.63, 3.8) is 0 Å². The van der Waals surface area contributed by atoms with Gasteiger partial charge in [0, 0.05) is 79.4 Å². The molecule has 2 aromatic heterocycles. The second kappa shape index (κ2) is 44.9. The summed E-state index contributed by atoms with van der Waals surface area (Å²) in [5.74, 6) is -9.11. The van der Waals surface area contributed by atoms with Crippen molar-refractivity contribution < 1.29 is 82.8 Å². The molecule has 1 aliphatic carbocycles. The van der Waals surface area contributed by atoms with Crippen LogP contribution in [-0.4, -0.2) is 198 Å². The van der Waals surface area contributed by atoms with Gasteiger partial charge in [-0.05, 0) is 128 Å². The normalized spacial score (nSPS) is 19.8. The molecule has 2 aliphatic rings. The number of nitrogens with one attached hydrogen (secondary N) is 12. The molecule has 34 heteroatoms. The number of amides is 13. The summed E-state index contributed by atoms with van der Waals surface area (Å²) < 4.78 is 0. The molecule has 114 heavy (non-hydrogen) atoms. The molecule has 0 radical (unpaired) electrons. The smallest absolute Gasteiger partial charge is 0.245 e. The van der Waals surface area contributed by atoms with E-state index in [1.54, 1.807) is 64.4 Å². The average molecular weight is 1620 g/mol. The highest BCUT2D eigenvalue weighted by Gasteiger charge is 2.40. The van der Waals surface area contributed by atoms with Gasteiger partial charge in [0.2, 0.25) is 76.8 Å². The van der Waals surface area contributed by atoms with Gasteiger partial charge in [-0.2, -0.15) is 23.5 Å². The number of carbonyl (C=O) groups excluding carboxylic acids is 13. The van der Waals surface area contributed by atoms with Crippen molar-refractivity contribution in [2.45, 2.75) is 235 Å². The molecule has 1 saturated heterocycles. The van der Waals surface area contributed by atoms with Gasteiger partial charge in [-0.25, -0.2) is 4.98 Å². The van der Waals surface area contributed by atoms with E-state index in [-0.39, 0.29) is 100 Å². The Balaban J connectivity index is 1.12. The Hall–Kier alpha value is -10.3. The summed E-state index contributed by atoms with van der Waals surface area (Å²) in [6, 6.07) is 8.66. The monoisotopic (exact) mass is 1620 g/mol. The number of carbonyl (C=O) groups is 13. The Kier molecular flexibility index (Phi) is 35.8. The Labute approximate surface area is 671 Å². The number of aliphatic hydroxyl groups excluding tert-OH is 2. The Morgan fingerprint density at radius 3 is 1.86 bits per heavy atom. The molecule has 3 heterocycles. The highest BCUT2D eigenvalue weighted by molar-refractivity contribution is 7.98. The summed E-state index contributed by atoms with van der Waals surface area (Å²) in [5, 5.41) is 71.8. The van der Waals surface area contributed by atoms with Crippen molar-refractivity contribution in [1.82, 2.24) is 68.5 Å². The van der Waals surface area contributed by atoms with Gasteiger partial charge in [0.15, 0.2) is 0 Å². The molecule has 2 fully saturated rings. The van der Waals surface area contributed by atoms with Crippen LogP contribution in [-0.2, 0) is 93.1 Å². The van der Waals surface area contributed by atoms with Crippen LogP contribution >= 0.6 is 23.5 Å². The maximum Gasteiger partial charge on any atom is 0.245 e. The number of nitrogens with two attached hydrogens (primary N) is 2. The fourth-order valence-corrected chi connectivity index (χ4v) is 15.3. The van der Waals surface area contributed by atoms with Crippen LogP contribution in [0.5, 0.6) is 11.5 Å². The lowest BCUT2D eigenvalue weighted by Crippen LogP contribution is -2.63. The fourth-order valence-electron chi connectivity index (χ4n) is 13.4. The Morgan fingerprint density at radius 1 is 0.623 bits per heavy atom. The number of aromatic hydroxyl groups is 2. The number of H-pyrrole nitrogens is 1. The molecule has 5 aromatic rings. The summed E-state index contributed by atoms with van der Waals surface area (Å²) in [6.45, 7) is 9.23. The van der Waals surface area contributed by atoms with E-state index in [0.717, 1.165) is 30.4 Å². The zero-order chi connectivity index (χ0) is 83.2. The van der Waals surface area contributed by atoms with Crippen LogP contribution in [0, 0.1) is 11.3 Å². The van der Waals surface area contributed by atoms with Crippen LogP contribution in [0.3, 0.4) is 0 Å². The van der Waals surface area contributed by atoms with Gasteiger partial charge in [0.25, 0.3) is 0 Å². The highest BCUT2D eigenvalue weighted by atomic mass is 32.2. The van der Waals surface area contributed by atoms with E-state index in [1.807, 2.05) is 24.3 Å². The number of phenols is 2. The largest absolute Gasteiger partial charge is 0.508 e. The number of phenolic OH excluding ortho intramolecular Hbond substituents is 2. The molecule has 1 saturated carbocycles. The number of pyridine rings is 1. The molecule has 20 N–H and O–H groups in total. The van der Waals surface area contributed by atoms with E-state index >= 15 is 4.79 Å². The number of aromatic nitrogens is 2. The third-order valence-electron chi connectivity index (χ3n) is 19.7. The second-order valence-corrected chi connectivity index (χ2v) is 32.4. The predicted octanol–water partition coefficient (Wildman–Crippen LogP) is 2.04. The number of fused-ring (bicyclic) bond motifs is 1. The Morgan fingerprint density at radius 2 is 1.25 bits per heavy atom. The van der Waals surface area contributed by atoms with Gasteiger partial charge in [0.05, 0.1) is 18.6 Å². The molecule has 13 amide bonds. The van der Waals surface area contributed by atoms with E-state index in [1.165, 1.54) is 73.8 Å². The number of primary amides is 2. The summed E-state index contributed by atoms with van der Waals surface area (Å²) in [4.78, 5) is 191. The molecule has 32 nitrogen and oxygen atoms in total. The number of thioether (sulfide) groups is 2. The lowest BCUT2D eigenvalue weighted by molar-refractivity contribution is -0.137. The third-order valence-corrected chi connectivity index (χ3v) is 21.8. The van der Waals surface area contributed by atoms with Gasteiger partial charge in [0.1, 0.15) is 77.6 Å². The molecule has 0 bridgehead atoms. The third kappa shape index (κ3) is 29.6. The minimum Gasteiger partial charge on any atom is -0.508 e. The molecule has 1 aliphatic heterocycles. The molecule has 12 atom stereocenters. The zero-order valence-corrected chi connectivity index (χ0v) is 66.9. The lowest BCUT2D eigenvalue weighted by Gasteiger charge is -2.32. The number of hydrogen-bond acceptors (Lipinski definition) is 20. The van der Waals surface area contributed by atoms with Crippen LogP contribution in [0.25, 0.3) is 11.0 Å². The van der Waals surface area contributed by atoms with Crippen LogP contribution in [0.1, 0.15) is 159 Å². The van der Waals surface area contributed by atoms with Crippen molar-refractivity contribution in [1.29, 1.82) is 0 Å². The summed E-state index contributed by atoms with van der Waals surface area (Å²) >= 11 is 2.86. The number of rotatable bonds is 33. The predicted molar refractivity (Wildman–Crippen MR) is 430 cm³/mol. The minimum atomic E-state index is -1.87. The topological polar surface area (TPSA) is 516 Å². The standard InChI is InChI=1S/C80H111N15O17S2/c1-7-15-56-72(105)88-57(73(106)90-60(39-48-25-29-54(99)30-26-48)77(110)95-67(70(82)104)51-18-9-8-10-19-51)21-11-12-22-63(100)83-34-31-58(74(107)94-66(46(3)97)78(111)91-61(76(109)87-56)40-52-41-85-71-55(52)20-14-33-84-71)89-75(108)59(38-47-23-27-53(98)28-24-47)92-79(112)68(80(4,5)6)93-64(101)32-35-113-42-49-16-13-17-50(37-49)43-114-44-62(69(81)103)86-65(102)36-45(2)96/h13-14,16-17,20,23-30,33,37,41,45-46,51,56-62,66-68,96-99H,7-12,15,18-19,21-22,31-32,34-36,38-40,42-44H2,1-6H3,(H2,81,103)(H2,82,104)(H,83,100)(H,84,85)(H,86,102)(H,87,109)(H,88,105)(H,89,108)(H,90,106)(H,91,111)(H,92,112)(H,93,101)(H,94,107)(H,95,110)/t45-,46-,56+,57+,58+,59+,60+,61+,62+,66-,67+,68?/m1/s1. The maximum absolute atomic E-state index is 15.1. The molecule has 1 unspecified atom stereocenters. The Bertz CT molecular complexity index is 4120. The van der Waals surface area contributed by atoms with Gasteiger partial charge in [-0.1, -0.05) is 108 Å². The van der Waals surface area contributed by atoms with Crippen LogP contribution in [0.4, 0.5) is 0 Å². The van der Waals surface area contributed by atoms with Crippen molar-refractivity contribution >= 4 is 111 Å². The number of aliphatic hydroxyl groups is 2. The minimum absolute atomic E-state index is 0.0108. The number of nitrogens with zero attached hydrogens (tertiary/aromatic N) is 1. The van der Waals surface area contributed by atoms with E-state index < -0.39 is 155 Å². The van der Waals surface area contributed by atoms with Crippen molar-refractivity contribution in [2.75, 3.05) is 18.1 Å². The van der Waals surface area contributed by atoms with Gasteiger partial charge in [-0.15, -0.1) is 0 Å². The van der Waals surface area contributed by atoms with E-state index in [9.17, 15) is 78.0 Å². The first-order valence-electron chi connectivity index (χ1n) is 38.7. The number of benzene rings is 3. The summed E-state index contributed by atoms with van der Waals surface area (Å²) in [7, 11) is 0. The van der Waals surface area contributed by atoms with Gasteiger partial charge in [-0.3, -0.25) is 62.3 Å². The highest BCUT2D eigenvalue weighted by Crippen LogP contribution is 2.28. The summed E-state index contributed by atoms with van der Waals surface area (Å²) in [6.07, 6.45) is 3.31. The van der Waals surface area contributed by atoms with Crippen molar-refractivity contribution in [3.8, 4) is 11.5 Å². The van der Waals surface area contributed by atoms with E-state index in [2.05, 4.69) is 68.5 Å². The number of aromatic amines is 1. The molecule has 620 valence electrons. The molecule has 0 spiro atoms. The van der Waals surface area contributed by atoms with E-state index in [4.69, 9.17) is 11.5 Å². The first-order chi connectivity index (χ1) is 54.2. The lowest BCUT2D eigenvalue weighted by atomic mass is 9.83. The molecule has 3 aromatic carbocycles. The first-order valence-corrected chi connectivity index (χ1v) is 41.0. The van der Waals surface area contributed by atoms with E-state index in [0.29, 0.717) is 64.2 Å². The molecular weight excluding hydrogens is 1510 g/mol. The van der Waals surface area contributed by atoms with Gasteiger partial charge >= 0.3 is 0 Å². The summed E-state index contributed by atoms with van der Waals surface area (Å²) in [5.41, 5.74) is 14.2. The van der Waals surface area contributed by atoms with Crippen LogP contribution < -0.4 is 70.0 Å². The molecule has 7 rings (SSSR count). The fraction of sp³-hybridized carbons (Fsp3) is 0.525. The maximum atomic E-state index is 15.1. The van der Waals surface area contributed by atoms with Crippen LogP contribution in [0.2, 0.25) is 0 Å². The average Bonchev–Trinajstić information content (AvgIpc) is 1.63. The zero-order valence-electron chi connectivity index (χ0n) is 65.3. The van der Waals surface area contributed by atoms with Gasteiger partial charge < -0.3 is 95.4 Å². The second-order valence-electron chi connectivity index (χ2n) is 30.3. The first kappa shape index (κ1) is 90.9. The molecular formula is C80H111N15O17S2.